The van der Waals surface area contributed by atoms with Crippen molar-refractivity contribution >= 4 is 39.8 Å². The molecule has 0 fully saturated rings. The number of anilines is 1. The number of nitrogens with one attached hydrogen (secondary N) is 1. The number of hydrazone groups is 1. The highest BCUT2D eigenvalue weighted by atomic mass is 35.5. The molecule has 2 aromatic heterocycles. The van der Waals surface area contributed by atoms with E-state index in [1.54, 1.807) is 22.8 Å². The van der Waals surface area contributed by atoms with Crippen LogP contribution in [0.4, 0.5) is 5.69 Å². The molecule has 5 aromatic rings. The number of ether oxygens (including phenoxy) is 1. The quantitative estimate of drug-likeness (QED) is 0.240. The van der Waals surface area contributed by atoms with Crippen molar-refractivity contribution in [3.05, 3.63) is 113 Å². The Morgan fingerprint density at radius 1 is 1.07 bits per heavy atom. The highest BCUT2D eigenvalue weighted by Crippen LogP contribution is 2.33. The van der Waals surface area contributed by atoms with E-state index in [9.17, 15) is 4.79 Å². The molecule has 0 bridgehead atoms. The molecule has 1 unspecified atom stereocenters. The zero-order chi connectivity index (χ0) is 28.2. The molecule has 1 aliphatic heterocycles. The lowest BCUT2D eigenvalue weighted by molar-refractivity contribution is -0.130. The number of hydrogen-bond donors (Lipinski definition) is 1. The topological polar surface area (TPSA) is 97.5 Å². The number of hydrogen-bond acceptors (Lipinski definition) is 7. The first-order chi connectivity index (χ1) is 20.0. The molecule has 0 saturated carbocycles. The predicted molar refractivity (Wildman–Crippen MR) is 159 cm³/mol. The molecule has 10 heteroatoms. The summed E-state index contributed by atoms with van der Waals surface area (Å²) in [4.78, 5) is 16.6. The Balaban J connectivity index is 1.02. The number of benzene rings is 3. The highest BCUT2D eigenvalue weighted by molar-refractivity contribution is 6.31. The van der Waals surface area contributed by atoms with E-state index in [0.717, 1.165) is 44.9 Å². The van der Waals surface area contributed by atoms with Gasteiger partial charge in [-0.3, -0.25) is 14.5 Å². The molecule has 1 amide bonds. The van der Waals surface area contributed by atoms with Crippen molar-refractivity contribution in [2.45, 2.75) is 32.5 Å². The van der Waals surface area contributed by atoms with E-state index in [2.05, 4.69) is 25.7 Å². The van der Waals surface area contributed by atoms with Crippen LogP contribution in [0, 0.1) is 0 Å². The van der Waals surface area contributed by atoms with E-state index in [1.165, 1.54) is 0 Å². The van der Waals surface area contributed by atoms with E-state index in [1.807, 2.05) is 85.1 Å². The summed E-state index contributed by atoms with van der Waals surface area (Å²) in [7, 11) is 0. The molecule has 9 nitrogen and oxygen atoms in total. The third-order valence-corrected chi connectivity index (χ3v) is 7.17. The van der Waals surface area contributed by atoms with Gasteiger partial charge in [0.25, 0.3) is 0 Å². The molecule has 206 valence electrons. The zero-order valence-corrected chi connectivity index (χ0v) is 23.2. The van der Waals surface area contributed by atoms with Crippen LogP contribution in [-0.4, -0.2) is 43.2 Å². The van der Waals surface area contributed by atoms with E-state index in [4.69, 9.17) is 16.3 Å². The van der Waals surface area contributed by atoms with Crippen molar-refractivity contribution in [2.24, 2.45) is 5.10 Å². The van der Waals surface area contributed by atoms with Gasteiger partial charge in [0.2, 0.25) is 5.91 Å². The second-order valence-electron chi connectivity index (χ2n) is 9.77. The first-order valence-electron chi connectivity index (χ1n) is 13.4. The molecule has 0 radical (unpaired) electrons. The van der Waals surface area contributed by atoms with Crippen LogP contribution >= 0.6 is 11.6 Å². The summed E-state index contributed by atoms with van der Waals surface area (Å²) in [6.45, 7) is 3.16. The number of carbonyl (C=O) groups is 1. The van der Waals surface area contributed by atoms with E-state index < -0.39 is 0 Å². The summed E-state index contributed by atoms with van der Waals surface area (Å²) in [5.74, 6) is 0.644. The molecular weight excluding hydrogens is 538 g/mol. The largest absolute Gasteiger partial charge is 0.487 e. The number of rotatable bonds is 9. The van der Waals surface area contributed by atoms with Gasteiger partial charge in [-0.05, 0) is 59.7 Å². The molecule has 0 aliphatic carbocycles. The fourth-order valence-electron chi connectivity index (χ4n) is 4.91. The molecule has 1 N–H and O–H groups in total. The summed E-state index contributed by atoms with van der Waals surface area (Å²) >= 11 is 6.09. The van der Waals surface area contributed by atoms with Crippen molar-refractivity contribution in [3.63, 3.8) is 0 Å². The number of pyridine rings is 1. The third-order valence-electron chi connectivity index (χ3n) is 6.94. The van der Waals surface area contributed by atoms with Crippen LogP contribution in [0.2, 0.25) is 5.02 Å². The summed E-state index contributed by atoms with van der Waals surface area (Å²) < 4.78 is 7.74. The summed E-state index contributed by atoms with van der Waals surface area (Å²) in [5, 5.41) is 19.8. The molecule has 0 saturated heterocycles. The lowest BCUT2D eigenvalue weighted by Gasteiger charge is -2.20. The van der Waals surface area contributed by atoms with Crippen LogP contribution in [0.3, 0.4) is 0 Å². The SMILES string of the molecule is CC(=O)N1N=C(c2ccc(OCc3cn(CCNc4ccnc5cc(Cl)ccc45)nn3)cc2)CC1c1ccccc1. The standard InChI is InChI=1S/C31H28ClN7O2/c1-21(40)39-31(23-5-3-2-4-6-23)18-29(36-39)22-7-10-26(11-8-22)41-20-25-19-38(37-35-25)16-15-34-28-13-14-33-30-17-24(32)9-12-27(28)30/h2-14,17,19,31H,15-16,18,20H2,1H3,(H,33,34). The Morgan fingerprint density at radius 2 is 1.90 bits per heavy atom. The van der Waals surface area contributed by atoms with Gasteiger partial charge >= 0.3 is 0 Å². The smallest absolute Gasteiger partial charge is 0.240 e. The van der Waals surface area contributed by atoms with Crippen LogP contribution in [0.15, 0.2) is 96.4 Å². The van der Waals surface area contributed by atoms with Crippen LogP contribution in [-0.2, 0) is 17.9 Å². The number of aromatic nitrogens is 4. The number of amides is 1. The highest BCUT2D eigenvalue weighted by Gasteiger charge is 2.31. The van der Waals surface area contributed by atoms with Gasteiger partial charge in [-0.2, -0.15) is 5.10 Å². The average molecular weight is 566 g/mol. The Hall–Kier alpha value is -4.76. The molecule has 1 aliphatic rings. The van der Waals surface area contributed by atoms with Gasteiger partial charge in [0.1, 0.15) is 18.1 Å². The van der Waals surface area contributed by atoms with Gasteiger partial charge in [0, 0.05) is 42.2 Å². The van der Waals surface area contributed by atoms with E-state index in [-0.39, 0.29) is 11.9 Å². The van der Waals surface area contributed by atoms with Crippen molar-refractivity contribution in [3.8, 4) is 5.75 Å². The Morgan fingerprint density at radius 3 is 2.71 bits per heavy atom. The van der Waals surface area contributed by atoms with Crippen molar-refractivity contribution in [1.29, 1.82) is 0 Å². The monoisotopic (exact) mass is 565 g/mol. The van der Waals surface area contributed by atoms with Crippen molar-refractivity contribution in [1.82, 2.24) is 25.0 Å². The number of carbonyl (C=O) groups excluding carboxylic acids is 1. The van der Waals surface area contributed by atoms with Crippen molar-refractivity contribution < 1.29 is 9.53 Å². The van der Waals surface area contributed by atoms with Crippen molar-refractivity contribution in [2.75, 3.05) is 11.9 Å². The zero-order valence-electron chi connectivity index (χ0n) is 22.4. The molecule has 0 spiro atoms. The summed E-state index contributed by atoms with van der Waals surface area (Å²) in [6.07, 6.45) is 4.31. The Kier molecular flexibility index (Phi) is 7.60. The van der Waals surface area contributed by atoms with Gasteiger partial charge in [-0.15, -0.1) is 5.10 Å². The number of halogens is 1. The Labute approximate surface area is 242 Å². The first kappa shape index (κ1) is 26.5. The number of nitrogens with zero attached hydrogens (tertiary/aromatic N) is 6. The molecule has 3 aromatic carbocycles. The van der Waals surface area contributed by atoms with Crippen LogP contribution in [0.1, 0.15) is 36.2 Å². The minimum atomic E-state index is -0.0967. The fourth-order valence-corrected chi connectivity index (χ4v) is 5.07. The lowest BCUT2D eigenvalue weighted by atomic mass is 9.98. The molecule has 3 heterocycles. The van der Waals surface area contributed by atoms with Crippen LogP contribution in [0.25, 0.3) is 10.9 Å². The van der Waals surface area contributed by atoms with Gasteiger partial charge < -0.3 is 10.1 Å². The lowest BCUT2D eigenvalue weighted by Crippen LogP contribution is -2.24. The van der Waals surface area contributed by atoms with E-state index >= 15 is 0 Å². The second kappa shape index (κ2) is 11.8. The maximum Gasteiger partial charge on any atom is 0.240 e. The maximum absolute atomic E-state index is 12.2. The average Bonchev–Trinajstić information content (AvgIpc) is 3.65. The molecule has 41 heavy (non-hydrogen) atoms. The van der Waals surface area contributed by atoms with Gasteiger partial charge in [-0.1, -0.05) is 47.1 Å². The van der Waals surface area contributed by atoms with Gasteiger partial charge in [-0.25, -0.2) is 5.01 Å². The molecular formula is C31H28ClN7O2. The Bertz CT molecular complexity index is 1700. The summed E-state index contributed by atoms with van der Waals surface area (Å²) in [5.41, 5.74) is 5.49. The van der Waals surface area contributed by atoms with Crippen LogP contribution < -0.4 is 10.1 Å². The normalized spacial score (nSPS) is 14.7. The predicted octanol–water partition coefficient (Wildman–Crippen LogP) is 5.87. The fraction of sp³-hybridized carbons (Fsp3) is 0.194. The second-order valence-corrected chi connectivity index (χ2v) is 10.2. The van der Waals surface area contributed by atoms with E-state index in [0.29, 0.717) is 31.1 Å². The van der Waals surface area contributed by atoms with Gasteiger partial charge in [0.15, 0.2) is 0 Å². The minimum absolute atomic E-state index is 0.0751. The molecule has 1 atom stereocenters. The van der Waals surface area contributed by atoms with Gasteiger partial charge in [0.05, 0.1) is 30.0 Å². The number of fused-ring (bicyclic) bond motifs is 1. The molecule has 6 rings (SSSR count). The third kappa shape index (κ3) is 6.05. The minimum Gasteiger partial charge on any atom is -0.487 e. The maximum atomic E-state index is 12.2. The summed E-state index contributed by atoms with van der Waals surface area (Å²) in [6, 6.07) is 25.3. The first-order valence-corrected chi connectivity index (χ1v) is 13.7. The van der Waals surface area contributed by atoms with Crippen LogP contribution in [0.5, 0.6) is 5.75 Å².